The Morgan fingerprint density at radius 1 is 1.58 bits per heavy atom. The zero-order chi connectivity index (χ0) is 9.56. The molecule has 0 spiro atoms. The molecular formula is C6H11N3O3. The van der Waals surface area contributed by atoms with Crippen LogP contribution in [0, 0.1) is 0 Å². The molecule has 6 nitrogen and oxygen atoms in total. The van der Waals surface area contributed by atoms with Crippen LogP contribution in [0.15, 0.2) is 5.10 Å². The number of methoxy groups -OCH3 is 1. The van der Waals surface area contributed by atoms with Crippen molar-refractivity contribution in [3.8, 4) is 0 Å². The summed E-state index contributed by atoms with van der Waals surface area (Å²) < 4.78 is 4.23. The average Bonchev–Trinajstić information content (AvgIpc) is 1.99. The number of carbonyl (C=O) groups excluding carboxylic acids is 2. The van der Waals surface area contributed by atoms with E-state index in [0.29, 0.717) is 5.71 Å². The summed E-state index contributed by atoms with van der Waals surface area (Å²) in [5, 5.41) is 3.53. The maximum Gasteiger partial charge on any atom is 0.427 e. The highest BCUT2D eigenvalue weighted by Crippen LogP contribution is 1.83. The summed E-state index contributed by atoms with van der Waals surface area (Å²) in [6, 6.07) is 0. The van der Waals surface area contributed by atoms with Crippen LogP contribution in [0.1, 0.15) is 13.3 Å². The highest BCUT2D eigenvalue weighted by molar-refractivity contribution is 5.99. The molecule has 0 radical (unpaired) electrons. The molecule has 0 aromatic carbocycles. The van der Waals surface area contributed by atoms with Crippen molar-refractivity contribution in [1.82, 2.24) is 5.43 Å². The summed E-state index contributed by atoms with van der Waals surface area (Å²) >= 11 is 0. The van der Waals surface area contributed by atoms with Gasteiger partial charge < -0.3 is 10.5 Å². The normalized spacial score (nSPS) is 10.7. The minimum Gasteiger partial charge on any atom is -0.452 e. The highest BCUT2D eigenvalue weighted by atomic mass is 16.5. The van der Waals surface area contributed by atoms with E-state index in [1.807, 2.05) is 0 Å². The monoisotopic (exact) mass is 173 g/mol. The van der Waals surface area contributed by atoms with Gasteiger partial charge in [-0.1, -0.05) is 0 Å². The number of nitrogens with two attached hydrogens (primary N) is 1. The quantitative estimate of drug-likeness (QED) is 0.449. The number of amides is 2. The van der Waals surface area contributed by atoms with E-state index < -0.39 is 12.0 Å². The van der Waals surface area contributed by atoms with Crippen molar-refractivity contribution in [2.75, 3.05) is 7.11 Å². The number of hydrogen-bond donors (Lipinski definition) is 2. The first-order chi connectivity index (χ1) is 5.56. The summed E-state index contributed by atoms with van der Waals surface area (Å²) in [6.45, 7) is 1.57. The number of hydrogen-bond acceptors (Lipinski definition) is 4. The van der Waals surface area contributed by atoms with E-state index in [2.05, 4.69) is 15.3 Å². The Labute approximate surface area is 69.8 Å². The second-order valence-electron chi connectivity index (χ2n) is 2.09. The van der Waals surface area contributed by atoms with Crippen LogP contribution in [0.5, 0.6) is 0 Å². The van der Waals surface area contributed by atoms with Crippen LogP contribution in [-0.2, 0) is 9.53 Å². The van der Waals surface area contributed by atoms with Gasteiger partial charge in [0.1, 0.15) is 0 Å². The first-order valence-electron chi connectivity index (χ1n) is 3.21. The molecule has 0 aromatic rings. The summed E-state index contributed by atoms with van der Waals surface area (Å²) in [4.78, 5) is 20.8. The van der Waals surface area contributed by atoms with Gasteiger partial charge in [0, 0.05) is 5.71 Å². The fourth-order valence-corrected chi connectivity index (χ4v) is 0.478. The van der Waals surface area contributed by atoms with Crippen LogP contribution >= 0.6 is 0 Å². The first-order valence-corrected chi connectivity index (χ1v) is 3.21. The molecule has 0 unspecified atom stereocenters. The van der Waals surface area contributed by atoms with Crippen molar-refractivity contribution in [2.45, 2.75) is 13.3 Å². The number of rotatable bonds is 3. The third-order valence-corrected chi connectivity index (χ3v) is 0.954. The van der Waals surface area contributed by atoms with Crippen molar-refractivity contribution >= 4 is 17.7 Å². The zero-order valence-electron chi connectivity index (χ0n) is 6.96. The summed E-state index contributed by atoms with van der Waals surface area (Å²) in [6.07, 6.45) is -0.664. The SMILES string of the molecule is COC(=O)N/N=C(\C)CC(N)=O. The summed E-state index contributed by atoms with van der Waals surface area (Å²) in [5.41, 5.74) is 7.35. The smallest absolute Gasteiger partial charge is 0.427 e. The van der Waals surface area contributed by atoms with Crippen molar-refractivity contribution in [1.29, 1.82) is 0 Å². The average molecular weight is 173 g/mol. The Kier molecular flexibility index (Phi) is 4.43. The highest BCUT2D eigenvalue weighted by Gasteiger charge is 1.99. The molecule has 3 N–H and O–H groups in total. The molecule has 12 heavy (non-hydrogen) atoms. The lowest BCUT2D eigenvalue weighted by atomic mass is 10.3. The van der Waals surface area contributed by atoms with Crippen molar-refractivity contribution in [3.05, 3.63) is 0 Å². The molecular weight excluding hydrogens is 162 g/mol. The molecule has 68 valence electrons. The Bertz CT molecular complexity index is 212. The number of primary amides is 1. The van der Waals surface area contributed by atoms with Gasteiger partial charge in [-0.3, -0.25) is 4.79 Å². The van der Waals surface area contributed by atoms with Crippen molar-refractivity contribution in [3.63, 3.8) is 0 Å². The molecule has 0 fully saturated rings. The molecule has 0 aliphatic carbocycles. The molecule has 0 aliphatic rings. The fraction of sp³-hybridized carbons (Fsp3) is 0.500. The van der Waals surface area contributed by atoms with E-state index in [-0.39, 0.29) is 6.42 Å². The second-order valence-corrected chi connectivity index (χ2v) is 2.09. The minimum atomic E-state index is -0.682. The fourth-order valence-electron chi connectivity index (χ4n) is 0.478. The number of ether oxygens (including phenoxy) is 1. The van der Waals surface area contributed by atoms with Crippen LogP contribution < -0.4 is 11.2 Å². The molecule has 0 heterocycles. The van der Waals surface area contributed by atoms with Gasteiger partial charge in [-0.15, -0.1) is 0 Å². The topological polar surface area (TPSA) is 93.8 Å². The number of nitrogens with one attached hydrogen (secondary N) is 1. The third kappa shape index (κ3) is 5.21. The molecule has 0 saturated carbocycles. The Morgan fingerprint density at radius 3 is 2.58 bits per heavy atom. The Balaban J connectivity index is 3.84. The maximum absolute atomic E-state index is 10.4. The van der Waals surface area contributed by atoms with Gasteiger partial charge in [0.2, 0.25) is 5.91 Å². The first kappa shape index (κ1) is 10.4. The van der Waals surface area contributed by atoms with Gasteiger partial charge in [0.05, 0.1) is 13.5 Å². The van der Waals surface area contributed by atoms with E-state index >= 15 is 0 Å². The standard InChI is InChI=1S/C6H11N3O3/c1-4(3-5(7)10)8-9-6(11)12-2/h3H2,1-2H3,(H2,7,10)(H,9,11)/b8-4+. The maximum atomic E-state index is 10.4. The van der Waals surface area contributed by atoms with Gasteiger partial charge in [-0.25, -0.2) is 10.2 Å². The van der Waals surface area contributed by atoms with Crippen LogP contribution in [0.4, 0.5) is 4.79 Å². The summed E-state index contributed by atoms with van der Waals surface area (Å²) in [5.74, 6) is -0.497. The number of carbonyl (C=O) groups is 2. The molecule has 0 aliphatic heterocycles. The van der Waals surface area contributed by atoms with Gasteiger partial charge >= 0.3 is 6.09 Å². The van der Waals surface area contributed by atoms with E-state index in [1.165, 1.54) is 7.11 Å². The van der Waals surface area contributed by atoms with Crippen LogP contribution in [0.25, 0.3) is 0 Å². The Hall–Kier alpha value is -1.59. The number of nitrogens with zero attached hydrogens (tertiary/aromatic N) is 1. The van der Waals surface area contributed by atoms with Gasteiger partial charge in [0.25, 0.3) is 0 Å². The number of hydrazone groups is 1. The zero-order valence-corrected chi connectivity index (χ0v) is 6.96. The summed E-state index contributed by atoms with van der Waals surface area (Å²) in [7, 11) is 1.22. The van der Waals surface area contributed by atoms with Gasteiger partial charge in [-0.2, -0.15) is 5.10 Å². The predicted molar refractivity (Wildman–Crippen MR) is 42.5 cm³/mol. The third-order valence-electron chi connectivity index (χ3n) is 0.954. The lowest BCUT2D eigenvalue weighted by molar-refractivity contribution is -0.116. The molecule has 0 bridgehead atoms. The van der Waals surface area contributed by atoms with Gasteiger partial charge in [0.15, 0.2) is 0 Å². The molecule has 0 aromatic heterocycles. The molecule has 0 rings (SSSR count). The molecule has 2 amide bonds. The largest absolute Gasteiger partial charge is 0.452 e. The molecule has 6 heteroatoms. The lowest BCUT2D eigenvalue weighted by Gasteiger charge is -1.98. The Morgan fingerprint density at radius 2 is 2.17 bits per heavy atom. The van der Waals surface area contributed by atoms with Crippen LogP contribution in [0.3, 0.4) is 0 Å². The van der Waals surface area contributed by atoms with Crippen molar-refractivity contribution in [2.24, 2.45) is 10.8 Å². The van der Waals surface area contributed by atoms with E-state index in [9.17, 15) is 9.59 Å². The molecule has 0 saturated heterocycles. The van der Waals surface area contributed by atoms with Crippen LogP contribution in [-0.4, -0.2) is 24.8 Å². The van der Waals surface area contributed by atoms with Gasteiger partial charge in [-0.05, 0) is 6.92 Å². The van der Waals surface area contributed by atoms with E-state index in [4.69, 9.17) is 5.73 Å². The van der Waals surface area contributed by atoms with E-state index in [0.717, 1.165) is 0 Å². The molecule has 0 atom stereocenters. The second kappa shape index (κ2) is 5.11. The van der Waals surface area contributed by atoms with E-state index in [1.54, 1.807) is 6.92 Å². The van der Waals surface area contributed by atoms with Crippen LogP contribution in [0.2, 0.25) is 0 Å². The predicted octanol–water partition coefficient (Wildman–Crippen LogP) is -0.406. The lowest BCUT2D eigenvalue weighted by Crippen LogP contribution is -2.21. The minimum absolute atomic E-state index is 0.0179. The van der Waals surface area contributed by atoms with Crippen molar-refractivity contribution < 1.29 is 14.3 Å².